The van der Waals surface area contributed by atoms with Gasteiger partial charge in [-0.1, -0.05) is 0 Å². The molecule has 0 aliphatic carbocycles. The molecule has 0 saturated carbocycles. The molecule has 0 aliphatic rings. The number of nitrogens with zero attached hydrogens (tertiary/aromatic N) is 2. The summed E-state index contributed by atoms with van der Waals surface area (Å²) in [5.74, 6) is 0.958. The molecule has 2 atom stereocenters. The first-order chi connectivity index (χ1) is 8.20. The van der Waals surface area contributed by atoms with E-state index in [1.807, 2.05) is 23.0 Å². The summed E-state index contributed by atoms with van der Waals surface area (Å²) in [4.78, 5) is 0. The lowest BCUT2D eigenvalue weighted by Crippen LogP contribution is -2.21. The summed E-state index contributed by atoms with van der Waals surface area (Å²) in [6.07, 6.45) is 5.69. The maximum absolute atomic E-state index is 5.38. The third-order valence-corrected chi connectivity index (χ3v) is 2.95. The SMILES string of the molecule is CCn1cc(C(C)NC(C)c2ccco2)cn1. The Bertz CT molecular complexity index is 447. The fourth-order valence-electron chi connectivity index (χ4n) is 1.87. The highest BCUT2D eigenvalue weighted by Gasteiger charge is 2.14. The van der Waals surface area contributed by atoms with Crippen LogP contribution < -0.4 is 5.32 Å². The Morgan fingerprint density at radius 3 is 2.82 bits per heavy atom. The molecule has 4 nitrogen and oxygen atoms in total. The average molecular weight is 233 g/mol. The number of hydrogen-bond donors (Lipinski definition) is 1. The second-order valence-electron chi connectivity index (χ2n) is 4.25. The molecule has 0 bridgehead atoms. The second-order valence-corrected chi connectivity index (χ2v) is 4.25. The van der Waals surface area contributed by atoms with E-state index in [0.29, 0.717) is 0 Å². The van der Waals surface area contributed by atoms with E-state index in [2.05, 4.69) is 37.4 Å². The van der Waals surface area contributed by atoms with Gasteiger partial charge in [-0.2, -0.15) is 5.10 Å². The lowest BCUT2D eigenvalue weighted by Gasteiger charge is -2.17. The van der Waals surface area contributed by atoms with Gasteiger partial charge in [0, 0.05) is 24.3 Å². The molecular formula is C13H19N3O. The van der Waals surface area contributed by atoms with Gasteiger partial charge in [0.2, 0.25) is 0 Å². The van der Waals surface area contributed by atoms with Crippen LogP contribution in [-0.4, -0.2) is 9.78 Å². The zero-order chi connectivity index (χ0) is 12.3. The Balaban J connectivity index is 1.99. The number of aromatic nitrogens is 2. The van der Waals surface area contributed by atoms with Crippen molar-refractivity contribution in [1.29, 1.82) is 0 Å². The van der Waals surface area contributed by atoms with Crippen molar-refractivity contribution in [3.05, 3.63) is 42.1 Å². The highest BCUT2D eigenvalue weighted by molar-refractivity contribution is 5.11. The smallest absolute Gasteiger partial charge is 0.120 e. The van der Waals surface area contributed by atoms with Gasteiger partial charge in [0.15, 0.2) is 0 Å². The highest BCUT2D eigenvalue weighted by atomic mass is 16.3. The van der Waals surface area contributed by atoms with E-state index in [-0.39, 0.29) is 12.1 Å². The quantitative estimate of drug-likeness (QED) is 0.863. The van der Waals surface area contributed by atoms with Crippen LogP contribution in [0.3, 0.4) is 0 Å². The fourth-order valence-corrected chi connectivity index (χ4v) is 1.87. The van der Waals surface area contributed by atoms with Crippen molar-refractivity contribution >= 4 is 0 Å². The van der Waals surface area contributed by atoms with E-state index in [1.165, 1.54) is 5.56 Å². The molecule has 0 fully saturated rings. The topological polar surface area (TPSA) is 43.0 Å². The second kappa shape index (κ2) is 5.19. The summed E-state index contributed by atoms with van der Waals surface area (Å²) in [6.45, 7) is 7.22. The number of aryl methyl sites for hydroxylation is 1. The maximum atomic E-state index is 5.38. The molecular weight excluding hydrogens is 214 g/mol. The first kappa shape index (κ1) is 11.9. The molecule has 1 N–H and O–H groups in total. The number of rotatable bonds is 5. The van der Waals surface area contributed by atoms with Crippen LogP contribution in [0.4, 0.5) is 0 Å². The summed E-state index contributed by atoms with van der Waals surface area (Å²) in [6, 6.07) is 4.35. The predicted molar refractivity (Wildman–Crippen MR) is 66.6 cm³/mol. The van der Waals surface area contributed by atoms with Gasteiger partial charge >= 0.3 is 0 Å². The van der Waals surface area contributed by atoms with Crippen LogP contribution in [0.5, 0.6) is 0 Å². The molecule has 0 amide bonds. The fraction of sp³-hybridized carbons (Fsp3) is 0.462. The molecule has 0 spiro atoms. The van der Waals surface area contributed by atoms with Gasteiger partial charge in [-0.3, -0.25) is 4.68 Å². The van der Waals surface area contributed by atoms with Crippen molar-refractivity contribution < 1.29 is 4.42 Å². The van der Waals surface area contributed by atoms with Crippen molar-refractivity contribution in [3.8, 4) is 0 Å². The number of nitrogens with one attached hydrogen (secondary N) is 1. The van der Waals surface area contributed by atoms with Gasteiger partial charge in [-0.15, -0.1) is 0 Å². The Labute approximate surface area is 102 Å². The van der Waals surface area contributed by atoms with Gasteiger partial charge in [-0.05, 0) is 32.9 Å². The first-order valence-corrected chi connectivity index (χ1v) is 6.02. The van der Waals surface area contributed by atoms with Crippen LogP contribution in [0.25, 0.3) is 0 Å². The van der Waals surface area contributed by atoms with Gasteiger partial charge in [0.05, 0.1) is 18.5 Å². The summed E-state index contributed by atoms with van der Waals surface area (Å²) >= 11 is 0. The van der Waals surface area contributed by atoms with E-state index < -0.39 is 0 Å². The average Bonchev–Trinajstić information content (AvgIpc) is 3.00. The van der Waals surface area contributed by atoms with Gasteiger partial charge in [-0.25, -0.2) is 0 Å². The summed E-state index contributed by atoms with van der Waals surface area (Å²) in [5, 5.41) is 7.77. The molecule has 0 aliphatic heterocycles. The lowest BCUT2D eigenvalue weighted by atomic mass is 10.1. The van der Waals surface area contributed by atoms with E-state index in [4.69, 9.17) is 4.42 Å². The molecule has 0 radical (unpaired) electrons. The van der Waals surface area contributed by atoms with Crippen LogP contribution in [0.2, 0.25) is 0 Å². The van der Waals surface area contributed by atoms with Crippen molar-refractivity contribution in [2.75, 3.05) is 0 Å². The zero-order valence-electron chi connectivity index (χ0n) is 10.6. The zero-order valence-corrected chi connectivity index (χ0v) is 10.6. The Morgan fingerprint density at radius 2 is 2.24 bits per heavy atom. The molecule has 2 heterocycles. The maximum Gasteiger partial charge on any atom is 0.120 e. The predicted octanol–water partition coefficient (Wildman–Crippen LogP) is 2.91. The largest absolute Gasteiger partial charge is 0.468 e. The summed E-state index contributed by atoms with van der Waals surface area (Å²) < 4.78 is 7.31. The van der Waals surface area contributed by atoms with Crippen molar-refractivity contribution in [1.82, 2.24) is 15.1 Å². The standard InChI is InChI=1S/C13H19N3O/c1-4-16-9-12(8-14-16)10(2)15-11(3)13-6-5-7-17-13/h5-11,15H,4H2,1-3H3. The van der Waals surface area contributed by atoms with Crippen LogP contribution in [0.15, 0.2) is 35.2 Å². The van der Waals surface area contributed by atoms with E-state index >= 15 is 0 Å². The van der Waals surface area contributed by atoms with Crippen LogP contribution in [0, 0.1) is 0 Å². The van der Waals surface area contributed by atoms with Crippen molar-refractivity contribution in [2.45, 2.75) is 39.4 Å². The molecule has 2 unspecified atom stereocenters. The van der Waals surface area contributed by atoms with Crippen molar-refractivity contribution in [3.63, 3.8) is 0 Å². The third-order valence-electron chi connectivity index (χ3n) is 2.95. The molecule has 0 aromatic carbocycles. The van der Waals surface area contributed by atoms with E-state index in [9.17, 15) is 0 Å². The lowest BCUT2D eigenvalue weighted by molar-refractivity contribution is 0.403. The summed E-state index contributed by atoms with van der Waals surface area (Å²) in [7, 11) is 0. The van der Waals surface area contributed by atoms with Crippen molar-refractivity contribution in [2.24, 2.45) is 0 Å². The van der Waals surface area contributed by atoms with Gasteiger partial charge < -0.3 is 9.73 Å². The normalized spacial score (nSPS) is 14.8. The Morgan fingerprint density at radius 1 is 1.41 bits per heavy atom. The molecule has 17 heavy (non-hydrogen) atoms. The van der Waals surface area contributed by atoms with E-state index in [1.54, 1.807) is 6.26 Å². The minimum absolute atomic E-state index is 0.199. The molecule has 2 aromatic heterocycles. The summed E-state index contributed by atoms with van der Waals surface area (Å²) in [5.41, 5.74) is 1.20. The molecule has 2 aromatic rings. The van der Waals surface area contributed by atoms with Crippen LogP contribution >= 0.6 is 0 Å². The highest BCUT2D eigenvalue weighted by Crippen LogP contribution is 2.19. The molecule has 4 heteroatoms. The number of furan rings is 1. The monoisotopic (exact) mass is 233 g/mol. The van der Waals surface area contributed by atoms with Crippen LogP contribution in [0.1, 0.15) is 44.2 Å². The molecule has 2 rings (SSSR count). The third kappa shape index (κ3) is 2.77. The molecule has 92 valence electrons. The Kier molecular flexibility index (Phi) is 3.64. The first-order valence-electron chi connectivity index (χ1n) is 6.02. The minimum Gasteiger partial charge on any atom is -0.468 e. The number of hydrogen-bond acceptors (Lipinski definition) is 3. The van der Waals surface area contributed by atoms with Gasteiger partial charge in [0.1, 0.15) is 5.76 Å². The molecule has 0 saturated heterocycles. The van der Waals surface area contributed by atoms with Gasteiger partial charge in [0.25, 0.3) is 0 Å². The van der Waals surface area contributed by atoms with E-state index in [0.717, 1.165) is 12.3 Å². The minimum atomic E-state index is 0.199. The van der Waals surface area contributed by atoms with Crippen LogP contribution in [-0.2, 0) is 6.54 Å². The Hall–Kier alpha value is -1.55.